The summed E-state index contributed by atoms with van der Waals surface area (Å²) in [6.45, 7) is 2.15. The van der Waals surface area contributed by atoms with Gasteiger partial charge in [0, 0.05) is 12.1 Å². The molecule has 1 aliphatic carbocycles. The van der Waals surface area contributed by atoms with Crippen molar-refractivity contribution in [1.82, 2.24) is 5.32 Å². The van der Waals surface area contributed by atoms with E-state index in [1.54, 1.807) is 21.3 Å². The van der Waals surface area contributed by atoms with Gasteiger partial charge in [0.2, 0.25) is 5.75 Å². The Hall–Kier alpha value is -1.42. The van der Waals surface area contributed by atoms with Gasteiger partial charge in [-0.2, -0.15) is 0 Å². The fourth-order valence-corrected chi connectivity index (χ4v) is 2.05. The third-order valence-corrected chi connectivity index (χ3v) is 3.25. The predicted octanol–water partition coefficient (Wildman–Crippen LogP) is 2.53. The van der Waals surface area contributed by atoms with E-state index in [2.05, 4.69) is 12.2 Å². The summed E-state index contributed by atoms with van der Waals surface area (Å²) in [5.74, 6) is 2.05. The van der Waals surface area contributed by atoms with Gasteiger partial charge >= 0.3 is 0 Å². The summed E-state index contributed by atoms with van der Waals surface area (Å²) < 4.78 is 16.0. The second-order valence-electron chi connectivity index (χ2n) is 4.62. The largest absolute Gasteiger partial charge is 0.493 e. The van der Waals surface area contributed by atoms with Crippen LogP contribution in [0.15, 0.2) is 12.1 Å². The van der Waals surface area contributed by atoms with E-state index >= 15 is 0 Å². The summed E-state index contributed by atoms with van der Waals surface area (Å²) in [5, 5.41) is 3.56. The number of ether oxygens (including phenoxy) is 3. The Bertz CT molecular complexity index is 390. The van der Waals surface area contributed by atoms with Crippen LogP contribution in [-0.2, 0) is 0 Å². The number of hydrogen-bond donors (Lipinski definition) is 1. The maximum Gasteiger partial charge on any atom is 0.203 e. The molecule has 1 fully saturated rings. The van der Waals surface area contributed by atoms with Gasteiger partial charge in [0.15, 0.2) is 11.5 Å². The average molecular weight is 251 g/mol. The molecule has 18 heavy (non-hydrogen) atoms. The van der Waals surface area contributed by atoms with Crippen LogP contribution in [0.5, 0.6) is 17.2 Å². The van der Waals surface area contributed by atoms with Gasteiger partial charge in [-0.3, -0.25) is 0 Å². The first-order chi connectivity index (χ1) is 8.69. The molecule has 100 valence electrons. The van der Waals surface area contributed by atoms with E-state index < -0.39 is 0 Å². The van der Waals surface area contributed by atoms with Gasteiger partial charge in [0.05, 0.1) is 21.3 Å². The molecule has 0 spiro atoms. The number of benzene rings is 1. The summed E-state index contributed by atoms with van der Waals surface area (Å²) in [4.78, 5) is 0. The van der Waals surface area contributed by atoms with Gasteiger partial charge in [-0.1, -0.05) is 0 Å². The van der Waals surface area contributed by atoms with Crippen LogP contribution in [0, 0.1) is 0 Å². The Kier molecular flexibility index (Phi) is 3.97. The lowest BCUT2D eigenvalue weighted by molar-refractivity contribution is 0.323. The third-order valence-electron chi connectivity index (χ3n) is 3.25. The molecule has 0 heterocycles. The zero-order chi connectivity index (χ0) is 13.1. The molecule has 0 amide bonds. The van der Waals surface area contributed by atoms with Crippen molar-refractivity contribution >= 4 is 0 Å². The molecular weight excluding hydrogens is 230 g/mol. The van der Waals surface area contributed by atoms with Gasteiger partial charge in [-0.05, 0) is 37.5 Å². The van der Waals surface area contributed by atoms with Crippen LogP contribution in [-0.4, -0.2) is 27.4 Å². The number of hydrogen-bond acceptors (Lipinski definition) is 4. The first kappa shape index (κ1) is 13.0. The van der Waals surface area contributed by atoms with Crippen molar-refractivity contribution in [3.63, 3.8) is 0 Å². The topological polar surface area (TPSA) is 39.7 Å². The molecule has 1 aromatic rings. The van der Waals surface area contributed by atoms with Crippen molar-refractivity contribution in [2.75, 3.05) is 21.3 Å². The van der Waals surface area contributed by atoms with Gasteiger partial charge in [-0.15, -0.1) is 0 Å². The van der Waals surface area contributed by atoms with Crippen molar-refractivity contribution < 1.29 is 14.2 Å². The average Bonchev–Trinajstić information content (AvgIpc) is 3.20. The van der Waals surface area contributed by atoms with E-state index in [9.17, 15) is 0 Å². The molecule has 1 atom stereocenters. The standard InChI is InChI=1S/C14H21NO3/c1-9(15-11-5-6-11)10-7-12(16-2)14(18-4)13(8-10)17-3/h7-9,11,15H,5-6H2,1-4H3. The number of nitrogens with one attached hydrogen (secondary N) is 1. The van der Waals surface area contributed by atoms with Crippen molar-refractivity contribution in [3.05, 3.63) is 17.7 Å². The fraction of sp³-hybridized carbons (Fsp3) is 0.571. The van der Waals surface area contributed by atoms with E-state index in [4.69, 9.17) is 14.2 Å². The highest BCUT2D eigenvalue weighted by Crippen LogP contribution is 2.40. The molecule has 1 aliphatic rings. The highest BCUT2D eigenvalue weighted by Gasteiger charge is 2.24. The van der Waals surface area contributed by atoms with Crippen molar-refractivity contribution in [2.24, 2.45) is 0 Å². The first-order valence-electron chi connectivity index (χ1n) is 6.25. The molecule has 1 saturated carbocycles. The van der Waals surface area contributed by atoms with Crippen LogP contribution in [0.2, 0.25) is 0 Å². The van der Waals surface area contributed by atoms with E-state index in [1.165, 1.54) is 12.8 Å². The summed E-state index contributed by atoms with van der Waals surface area (Å²) in [6, 6.07) is 4.95. The maximum absolute atomic E-state index is 5.36. The van der Waals surface area contributed by atoms with E-state index in [0.717, 1.165) is 5.56 Å². The highest BCUT2D eigenvalue weighted by molar-refractivity contribution is 5.54. The minimum Gasteiger partial charge on any atom is -0.493 e. The molecule has 0 saturated heterocycles. The van der Waals surface area contributed by atoms with E-state index in [-0.39, 0.29) is 6.04 Å². The molecule has 1 unspecified atom stereocenters. The first-order valence-corrected chi connectivity index (χ1v) is 6.25. The molecule has 2 rings (SSSR count). The quantitative estimate of drug-likeness (QED) is 0.843. The third kappa shape index (κ3) is 2.70. The van der Waals surface area contributed by atoms with Crippen LogP contribution in [0.25, 0.3) is 0 Å². The Balaban J connectivity index is 2.29. The van der Waals surface area contributed by atoms with Gasteiger partial charge in [-0.25, -0.2) is 0 Å². The minimum absolute atomic E-state index is 0.284. The lowest BCUT2D eigenvalue weighted by Gasteiger charge is -2.18. The van der Waals surface area contributed by atoms with Crippen molar-refractivity contribution in [1.29, 1.82) is 0 Å². The lowest BCUT2D eigenvalue weighted by Crippen LogP contribution is -2.20. The molecule has 1 aromatic carbocycles. The van der Waals surface area contributed by atoms with Crippen LogP contribution in [0.1, 0.15) is 31.4 Å². The molecular formula is C14H21NO3. The van der Waals surface area contributed by atoms with Gasteiger partial charge in [0.25, 0.3) is 0 Å². The molecule has 0 aromatic heterocycles. The number of methoxy groups -OCH3 is 3. The molecule has 0 radical (unpaired) electrons. The minimum atomic E-state index is 0.284. The Morgan fingerprint density at radius 1 is 1.06 bits per heavy atom. The Morgan fingerprint density at radius 2 is 1.61 bits per heavy atom. The predicted molar refractivity (Wildman–Crippen MR) is 70.7 cm³/mol. The van der Waals surface area contributed by atoms with E-state index in [1.807, 2.05) is 12.1 Å². The van der Waals surface area contributed by atoms with Crippen LogP contribution < -0.4 is 19.5 Å². The highest BCUT2D eigenvalue weighted by atomic mass is 16.5. The smallest absolute Gasteiger partial charge is 0.203 e. The molecule has 4 nitrogen and oxygen atoms in total. The van der Waals surface area contributed by atoms with Crippen LogP contribution in [0.4, 0.5) is 0 Å². The van der Waals surface area contributed by atoms with Crippen molar-refractivity contribution in [2.45, 2.75) is 31.8 Å². The van der Waals surface area contributed by atoms with E-state index in [0.29, 0.717) is 23.3 Å². The van der Waals surface area contributed by atoms with Gasteiger partial charge < -0.3 is 19.5 Å². The second kappa shape index (κ2) is 5.48. The maximum atomic E-state index is 5.36. The molecule has 0 bridgehead atoms. The zero-order valence-electron chi connectivity index (χ0n) is 11.4. The monoisotopic (exact) mass is 251 g/mol. The van der Waals surface area contributed by atoms with Crippen molar-refractivity contribution in [3.8, 4) is 17.2 Å². The lowest BCUT2D eigenvalue weighted by atomic mass is 10.1. The summed E-state index contributed by atoms with van der Waals surface area (Å²) in [5.41, 5.74) is 1.15. The summed E-state index contributed by atoms with van der Waals surface area (Å²) >= 11 is 0. The molecule has 4 heteroatoms. The zero-order valence-corrected chi connectivity index (χ0v) is 11.4. The normalized spacial score (nSPS) is 16.2. The summed E-state index contributed by atoms with van der Waals surface area (Å²) in [6.07, 6.45) is 2.55. The fourth-order valence-electron chi connectivity index (χ4n) is 2.05. The van der Waals surface area contributed by atoms with Crippen LogP contribution >= 0.6 is 0 Å². The molecule has 1 N–H and O–H groups in total. The second-order valence-corrected chi connectivity index (χ2v) is 4.62. The summed E-state index contributed by atoms with van der Waals surface area (Å²) in [7, 11) is 4.89. The van der Waals surface area contributed by atoms with Crippen LogP contribution in [0.3, 0.4) is 0 Å². The Labute approximate surface area is 108 Å². The Morgan fingerprint density at radius 3 is 2.00 bits per heavy atom. The van der Waals surface area contributed by atoms with Gasteiger partial charge in [0.1, 0.15) is 0 Å². The molecule has 0 aliphatic heterocycles. The number of rotatable bonds is 6. The SMILES string of the molecule is COc1cc(C(C)NC2CC2)cc(OC)c1OC.